The van der Waals surface area contributed by atoms with E-state index >= 15 is 0 Å². The van der Waals surface area contributed by atoms with Crippen LogP contribution in [0.4, 0.5) is 18.9 Å². The highest BCUT2D eigenvalue weighted by atomic mass is 19.4. The third-order valence-corrected chi connectivity index (χ3v) is 4.78. The summed E-state index contributed by atoms with van der Waals surface area (Å²) in [6, 6.07) is 13.3. The number of carboxylic acid groups (broad SMARTS) is 1. The zero-order chi connectivity index (χ0) is 20.6. The summed E-state index contributed by atoms with van der Waals surface area (Å²) in [5.74, 6) is -0.652. The first-order valence-electron chi connectivity index (χ1n) is 8.91. The molecule has 1 aliphatic rings. The van der Waals surface area contributed by atoms with Gasteiger partial charge in [0, 0.05) is 12.4 Å². The number of alkyl halides is 3. The van der Waals surface area contributed by atoms with Crippen LogP contribution in [-0.2, 0) is 6.18 Å². The first kappa shape index (κ1) is 18.9. The molecule has 3 aromatic rings. The highest BCUT2D eigenvalue weighted by molar-refractivity contribution is 5.95. The number of hydrogen-bond acceptors (Lipinski definition) is 3. The molecule has 4 rings (SSSR count). The Kier molecular flexibility index (Phi) is 4.70. The quantitative estimate of drug-likeness (QED) is 0.685. The first-order valence-corrected chi connectivity index (χ1v) is 8.91. The third-order valence-electron chi connectivity index (χ3n) is 4.78. The highest BCUT2D eigenvalue weighted by Crippen LogP contribution is 2.34. The fraction of sp³-hybridized carbons (Fsp3) is 0.190. The van der Waals surface area contributed by atoms with Crippen LogP contribution in [0.1, 0.15) is 15.9 Å². The van der Waals surface area contributed by atoms with Gasteiger partial charge in [-0.15, -0.1) is 0 Å². The second kappa shape index (κ2) is 7.20. The van der Waals surface area contributed by atoms with Crippen LogP contribution in [0.2, 0.25) is 0 Å². The van der Waals surface area contributed by atoms with Crippen molar-refractivity contribution in [3.8, 4) is 11.4 Å². The Morgan fingerprint density at radius 2 is 1.66 bits per heavy atom. The van der Waals surface area contributed by atoms with Crippen LogP contribution in [0, 0.1) is 0 Å². The lowest BCUT2D eigenvalue weighted by Crippen LogP contribution is -2.54. The summed E-state index contributed by atoms with van der Waals surface area (Å²) in [5.41, 5.74) is 0.791. The molecule has 0 aliphatic carbocycles. The van der Waals surface area contributed by atoms with E-state index in [0.29, 0.717) is 24.5 Å². The molecule has 29 heavy (non-hydrogen) atoms. The average Bonchev–Trinajstić information content (AvgIpc) is 3.17. The van der Waals surface area contributed by atoms with E-state index in [0.717, 1.165) is 17.8 Å². The monoisotopic (exact) mass is 402 g/mol. The Morgan fingerprint density at radius 3 is 2.24 bits per heavy atom. The van der Waals surface area contributed by atoms with Crippen LogP contribution < -0.4 is 9.64 Å². The van der Waals surface area contributed by atoms with E-state index in [4.69, 9.17) is 4.74 Å². The molecule has 1 fully saturated rings. The standard InChI is InChI=1S/C21H17F3N2O3/c22-21(23,24)14-6-8-15(9-7-14)29-16-12-26(13-16)18-5-3-4-17(20(27)28)19(18)25-10-1-2-11-25/h1-11,16H,12-13H2,(H,27,28). The number of aromatic carboxylic acids is 1. The van der Waals surface area contributed by atoms with Gasteiger partial charge in [-0.2, -0.15) is 13.2 Å². The number of ether oxygens (including phenoxy) is 1. The van der Waals surface area contributed by atoms with Gasteiger partial charge in [0.05, 0.1) is 35.6 Å². The number of carbonyl (C=O) groups is 1. The van der Waals surface area contributed by atoms with Gasteiger partial charge in [-0.05, 0) is 48.5 Å². The van der Waals surface area contributed by atoms with Crippen molar-refractivity contribution in [1.82, 2.24) is 4.57 Å². The molecule has 2 aromatic carbocycles. The largest absolute Gasteiger partial charge is 0.487 e. The van der Waals surface area contributed by atoms with Crippen molar-refractivity contribution in [2.24, 2.45) is 0 Å². The molecule has 0 radical (unpaired) electrons. The Bertz CT molecular complexity index is 1010. The van der Waals surface area contributed by atoms with Crippen molar-refractivity contribution in [1.29, 1.82) is 0 Å². The predicted molar refractivity (Wildman–Crippen MR) is 101 cm³/mol. The minimum absolute atomic E-state index is 0.186. The van der Waals surface area contributed by atoms with Gasteiger partial charge in [-0.25, -0.2) is 4.79 Å². The summed E-state index contributed by atoms with van der Waals surface area (Å²) < 4.78 is 45.5. The molecule has 1 aliphatic heterocycles. The van der Waals surface area contributed by atoms with Gasteiger partial charge < -0.3 is 19.3 Å². The van der Waals surface area contributed by atoms with Crippen LogP contribution in [0.15, 0.2) is 67.0 Å². The highest BCUT2D eigenvalue weighted by Gasteiger charge is 2.33. The van der Waals surface area contributed by atoms with E-state index < -0.39 is 17.7 Å². The number of halogens is 3. The van der Waals surface area contributed by atoms with Gasteiger partial charge in [0.25, 0.3) is 0 Å². The number of aromatic nitrogens is 1. The lowest BCUT2D eigenvalue weighted by Gasteiger charge is -2.41. The van der Waals surface area contributed by atoms with E-state index in [9.17, 15) is 23.1 Å². The molecular formula is C21H17F3N2O3. The smallest absolute Gasteiger partial charge is 0.416 e. The molecule has 0 atom stereocenters. The van der Waals surface area contributed by atoms with E-state index in [1.807, 2.05) is 23.1 Å². The summed E-state index contributed by atoms with van der Waals surface area (Å²) in [5, 5.41) is 9.55. The van der Waals surface area contributed by atoms with Gasteiger partial charge in [0.15, 0.2) is 0 Å². The van der Waals surface area contributed by atoms with E-state index in [-0.39, 0.29) is 11.7 Å². The molecule has 2 heterocycles. The number of carboxylic acids is 1. The van der Waals surface area contributed by atoms with Gasteiger partial charge in [-0.1, -0.05) is 6.07 Å². The minimum Gasteiger partial charge on any atom is -0.487 e. The molecule has 0 spiro atoms. The van der Waals surface area contributed by atoms with Crippen LogP contribution in [0.25, 0.3) is 5.69 Å². The molecule has 1 saturated heterocycles. The fourth-order valence-corrected chi connectivity index (χ4v) is 3.34. The summed E-state index contributed by atoms with van der Waals surface area (Å²) in [7, 11) is 0. The number of hydrogen-bond donors (Lipinski definition) is 1. The zero-order valence-corrected chi connectivity index (χ0v) is 15.1. The number of anilines is 1. The normalized spacial score (nSPS) is 14.5. The molecule has 0 unspecified atom stereocenters. The van der Waals surface area contributed by atoms with Crippen LogP contribution in [0.3, 0.4) is 0 Å². The van der Waals surface area contributed by atoms with Crippen molar-refractivity contribution < 1.29 is 27.8 Å². The second-order valence-electron chi connectivity index (χ2n) is 6.74. The van der Waals surface area contributed by atoms with Crippen LogP contribution in [0.5, 0.6) is 5.75 Å². The molecule has 150 valence electrons. The summed E-state index contributed by atoms with van der Waals surface area (Å²) in [6.45, 7) is 0.997. The lowest BCUT2D eigenvalue weighted by atomic mass is 10.1. The molecule has 0 saturated carbocycles. The van der Waals surface area contributed by atoms with E-state index in [1.165, 1.54) is 12.1 Å². The molecule has 1 N–H and O–H groups in total. The first-order chi connectivity index (χ1) is 13.8. The number of para-hydroxylation sites is 1. The van der Waals surface area contributed by atoms with Crippen molar-refractivity contribution in [2.75, 3.05) is 18.0 Å². The summed E-state index contributed by atoms with van der Waals surface area (Å²) in [4.78, 5) is 13.6. The number of benzene rings is 2. The Balaban J connectivity index is 1.49. The maximum atomic E-state index is 12.7. The molecule has 0 bridgehead atoms. The minimum atomic E-state index is -4.38. The number of nitrogens with zero attached hydrogens (tertiary/aromatic N) is 2. The van der Waals surface area contributed by atoms with Gasteiger partial charge in [-0.3, -0.25) is 0 Å². The van der Waals surface area contributed by atoms with Crippen LogP contribution in [-0.4, -0.2) is 34.8 Å². The van der Waals surface area contributed by atoms with E-state index in [2.05, 4.69) is 0 Å². The predicted octanol–water partition coefficient (Wildman–Crippen LogP) is 4.46. The maximum Gasteiger partial charge on any atom is 0.416 e. The van der Waals surface area contributed by atoms with Crippen LogP contribution >= 0.6 is 0 Å². The fourth-order valence-electron chi connectivity index (χ4n) is 3.34. The SMILES string of the molecule is O=C(O)c1cccc(N2CC(Oc3ccc(C(F)(F)F)cc3)C2)c1-n1cccc1. The van der Waals surface area contributed by atoms with Crippen molar-refractivity contribution >= 4 is 11.7 Å². The maximum absolute atomic E-state index is 12.7. The Labute approximate surface area is 164 Å². The lowest BCUT2D eigenvalue weighted by molar-refractivity contribution is -0.137. The van der Waals surface area contributed by atoms with Crippen molar-refractivity contribution in [2.45, 2.75) is 12.3 Å². The molecule has 1 aromatic heterocycles. The van der Waals surface area contributed by atoms with Crippen molar-refractivity contribution in [3.63, 3.8) is 0 Å². The topological polar surface area (TPSA) is 54.7 Å². The van der Waals surface area contributed by atoms with Crippen molar-refractivity contribution in [3.05, 3.63) is 78.1 Å². The molecular weight excluding hydrogens is 385 g/mol. The van der Waals surface area contributed by atoms with Gasteiger partial charge in [0.2, 0.25) is 0 Å². The summed E-state index contributed by atoms with van der Waals surface area (Å²) >= 11 is 0. The van der Waals surface area contributed by atoms with E-state index in [1.54, 1.807) is 29.1 Å². The molecule has 0 amide bonds. The third kappa shape index (κ3) is 3.78. The molecule has 5 nitrogen and oxygen atoms in total. The molecule has 8 heteroatoms. The Hall–Kier alpha value is -3.42. The summed E-state index contributed by atoms with van der Waals surface area (Å²) in [6.07, 6.45) is -1.02. The Morgan fingerprint density at radius 1 is 1.00 bits per heavy atom. The second-order valence-corrected chi connectivity index (χ2v) is 6.74. The van der Waals surface area contributed by atoms with Gasteiger partial charge >= 0.3 is 12.1 Å². The zero-order valence-electron chi connectivity index (χ0n) is 15.1. The van der Waals surface area contributed by atoms with Gasteiger partial charge in [0.1, 0.15) is 11.9 Å². The number of rotatable bonds is 5. The average molecular weight is 402 g/mol.